The topological polar surface area (TPSA) is 47.3 Å². The fraction of sp³-hybridized carbons (Fsp3) is 0.357. The van der Waals surface area contributed by atoms with E-state index in [1.807, 2.05) is 19.4 Å². The molecule has 1 atom stereocenters. The molecule has 4 nitrogen and oxygen atoms in total. The van der Waals surface area contributed by atoms with Crippen molar-refractivity contribution < 1.29 is 9.84 Å². The van der Waals surface area contributed by atoms with Crippen LogP contribution in [0.5, 0.6) is 5.75 Å². The molecule has 0 radical (unpaired) electrons. The van der Waals surface area contributed by atoms with E-state index in [0.29, 0.717) is 17.2 Å². The summed E-state index contributed by atoms with van der Waals surface area (Å²) in [5.74, 6) is 0.656. The van der Waals surface area contributed by atoms with Gasteiger partial charge in [0.1, 0.15) is 5.75 Å². The first-order valence-corrected chi connectivity index (χ1v) is 6.47. The van der Waals surface area contributed by atoms with Crippen LogP contribution >= 0.6 is 11.6 Å². The van der Waals surface area contributed by atoms with E-state index in [9.17, 15) is 5.11 Å². The summed E-state index contributed by atoms with van der Waals surface area (Å²) in [5, 5.41) is 15.0. The number of aromatic nitrogens is 2. The highest BCUT2D eigenvalue weighted by Crippen LogP contribution is 2.30. The first-order valence-electron chi connectivity index (χ1n) is 6.09. The average Bonchev–Trinajstić information content (AvgIpc) is 2.81. The molecule has 0 aliphatic carbocycles. The minimum Gasteiger partial charge on any atom is -0.496 e. The van der Waals surface area contributed by atoms with Gasteiger partial charge in [-0.15, -0.1) is 0 Å². The summed E-state index contributed by atoms with van der Waals surface area (Å²) in [7, 11) is 3.46. The Hall–Kier alpha value is -1.52. The Kier molecular flexibility index (Phi) is 4.45. The lowest BCUT2D eigenvalue weighted by Gasteiger charge is -2.14. The van der Waals surface area contributed by atoms with Crippen LogP contribution in [0.4, 0.5) is 0 Å². The molecule has 1 unspecified atom stereocenters. The van der Waals surface area contributed by atoms with Gasteiger partial charge in [0.15, 0.2) is 0 Å². The molecule has 0 aliphatic heterocycles. The Labute approximate surface area is 117 Å². The molecular weight excluding hydrogens is 264 g/mol. The van der Waals surface area contributed by atoms with Crippen LogP contribution < -0.4 is 4.74 Å². The summed E-state index contributed by atoms with van der Waals surface area (Å²) in [6.45, 7) is 0. The second-order valence-electron chi connectivity index (χ2n) is 4.46. The largest absolute Gasteiger partial charge is 0.496 e. The van der Waals surface area contributed by atoms with Gasteiger partial charge in [0.05, 0.1) is 19.4 Å². The number of aliphatic hydroxyl groups excluding tert-OH is 1. The minimum atomic E-state index is -0.603. The smallest absolute Gasteiger partial charge is 0.124 e. The predicted octanol–water partition coefficient (Wildman–Crippen LogP) is 2.75. The van der Waals surface area contributed by atoms with Gasteiger partial charge in [-0.3, -0.25) is 4.68 Å². The highest BCUT2D eigenvalue weighted by atomic mass is 35.5. The fourth-order valence-corrected chi connectivity index (χ4v) is 2.21. The van der Waals surface area contributed by atoms with Crippen LogP contribution in [0.3, 0.4) is 0 Å². The molecule has 0 bridgehead atoms. The van der Waals surface area contributed by atoms with Gasteiger partial charge in [-0.25, -0.2) is 0 Å². The lowest BCUT2D eigenvalue weighted by molar-refractivity contribution is 0.163. The summed E-state index contributed by atoms with van der Waals surface area (Å²) in [6.07, 6.45) is 4.51. The van der Waals surface area contributed by atoms with Gasteiger partial charge in [-0.2, -0.15) is 5.10 Å². The van der Waals surface area contributed by atoms with Gasteiger partial charge < -0.3 is 9.84 Å². The van der Waals surface area contributed by atoms with Gasteiger partial charge in [0.2, 0.25) is 0 Å². The quantitative estimate of drug-likeness (QED) is 0.916. The number of benzene rings is 1. The number of nitrogens with zero attached hydrogens (tertiary/aromatic N) is 2. The van der Waals surface area contributed by atoms with Gasteiger partial charge in [0.25, 0.3) is 0 Å². The second kappa shape index (κ2) is 6.08. The SMILES string of the molecule is COc1ccc(Cl)cc1C(O)CCc1cnn(C)c1. The van der Waals surface area contributed by atoms with Crippen LogP contribution in [0, 0.1) is 0 Å². The van der Waals surface area contributed by atoms with Crippen molar-refractivity contribution in [1.82, 2.24) is 9.78 Å². The average molecular weight is 281 g/mol. The van der Waals surface area contributed by atoms with Crippen LogP contribution in [0.15, 0.2) is 30.6 Å². The molecule has 1 aromatic heterocycles. The molecule has 2 rings (SSSR count). The molecule has 0 fully saturated rings. The van der Waals surface area contributed by atoms with Gasteiger partial charge in [-0.1, -0.05) is 11.6 Å². The van der Waals surface area contributed by atoms with E-state index >= 15 is 0 Å². The highest BCUT2D eigenvalue weighted by Gasteiger charge is 2.14. The Morgan fingerprint density at radius 3 is 2.89 bits per heavy atom. The van der Waals surface area contributed by atoms with E-state index in [-0.39, 0.29) is 0 Å². The number of hydrogen-bond acceptors (Lipinski definition) is 3. The number of methoxy groups -OCH3 is 1. The van der Waals surface area contributed by atoms with Crippen molar-refractivity contribution in [1.29, 1.82) is 0 Å². The first-order chi connectivity index (χ1) is 9.10. The van der Waals surface area contributed by atoms with Crippen molar-refractivity contribution in [2.75, 3.05) is 7.11 Å². The zero-order valence-electron chi connectivity index (χ0n) is 11.0. The lowest BCUT2D eigenvalue weighted by atomic mass is 10.0. The Bertz CT molecular complexity index is 554. The van der Waals surface area contributed by atoms with E-state index in [1.165, 1.54) is 0 Å². The summed E-state index contributed by atoms with van der Waals surface area (Å²) < 4.78 is 6.99. The molecule has 102 valence electrons. The summed E-state index contributed by atoms with van der Waals surface area (Å²) >= 11 is 5.96. The van der Waals surface area contributed by atoms with Gasteiger partial charge in [0, 0.05) is 23.8 Å². The Morgan fingerprint density at radius 2 is 2.26 bits per heavy atom. The molecule has 0 saturated carbocycles. The molecule has 5 heteroatoms. The van der Waals surface area contributed by atoms with E-state index in [2.05, 4.69) is 5.10 Å². The number of rotatable bonds is 5. The van der Waals surface area contributed by atoms with Crippen molar-refractivity contribution in [2.24, 2.45) is 7.05 Å². The molecule has 19 heavy (non-hydrogen) atoms. The van der Waals surface area contributed by atoms with Crippen LogP contribution in [-0.2, 0) is 13.5 Å². The molecule has 0 saturated heterocycles. The van der Waals surface area contributed by atoms with Crippen LogP contribution in [0.25, 0.3) is 0 Å². The van der Waals surface area contributed by atoms with Crippen molar-refractivity contribution in [3.8, 4) is 5.75 Å². The highest BCUT2D eigenvalue weighted by molar-refractivity contribution is 6.30. The molecule has 1 aromatic carbocycles. The number of ether oxygens (including phenoxy) is 1. The number of aliphatic hydroxyl groups is 1. The molecule has 1 N–H and O–H groups in total. The molecule has 1 heterocycles. The normalized spacial score (nSPS) is 12.4. The van der Waals surface area contributed by atoms with Crippen molar-refractivity contribution >= 4 is 11.6 Å². The summed E-state index contributed by atoms with van der Waals surface area (Å²) in [4.78, 5) is 0. The zero-order valence-corrected chi connectivity index (χ0v) is 11.8. The predicted molar refractivity (Wildman–Crippen MR) is 74.5 cm³/mol. The van der Waals surface area contributed by atoms with Crippen LogP contribution in [-0.4, -0.2) is 22.0 Å². The number of halogens is 1. The molecule has 0 amide bonds. The van der Waals surface area contributed by atoms with Crippen molar-refractivity contribution in [2.45, 2.75) is 18.9 Å². The molecule has 0 spiro atoms. The molecular formula is C14H17ClN2O2. The van der Waals surface area contributed by atoms with E-state index in [4.69, 9.17) is 16.3 Å². The standard InChI is InChI=1S/C14H17ClN2O2/c1-17-9-10(8-16-17)3-5-13(18)12-7-11(15)4-6-14(12)19-2/h4,6-9,13,18H,3,5H2,1-2H3. The fourth-order valence-electron chi connectivity index (χ4n) is 2.03. The van der Waals surface area contributed by atoms with Crippen molar-refractivity contribution in [3.05, 3.63) is 46.7 Å². The van der Waals surface area contributed by atoms with E-state index < -0.39 is 6.10 Å². The van der Waals surface area contributed by atoms with E-state index in [0.717, 1.165) is 17.5 Å². The maximum Gasteiger partial charge on any atom is 0.124 e. The minimum absolute atomic E-state index is 0.594. The molecule has 0 aliphatic rings. The van der Waals surface area contributed by atoms with Gasteiger partial charge >= 0.3 is 0 Å². The Morgan fingerprint density at radius 1 is 1.47 bits per heavy atom. The van der Waals surface area contributed by atoms with Gasteiger partial charge in [-0.05, 0) is 36.6 Å². The number of hydrogen-bond donors (Lipinski definition) is 1. The third-order valence-corrected chi connectivity index (χ3v) is 3.25. The van der Waals surface area contributed by atoms with E-state index in [1.54, 1.807) is 30.0 Å². The maximum atomic E-state index is 10.3. The summed E-state index contributed by atoms with van der Waals surface area (Å²) in [6, 6.07) is 5.26. The first kappa shape index (κ1) is 13.9. The number of aryl methyl sites for hydroxylation is 2. The van der Waals surface area contributed by atoms with Crippen molar-refractivity contribution in [3.63, 3.8) is 0 Å². The Balaban J connectivity index is 2.06. The second-order valence-corrected chi connectivity index (χ2v) is 4.90. The zero-order chi connectivity index (χ0) is 13.8. The summed E-state index contributed by atoms with van der Waals surface area (Å²) in [5.41, 5.74) is 1.82. The third-order valence-electron chi connectivity index (χ3n) is 3.02. The van der Waals surface area contributed by atoms with Crippen LogP contribution in [0.1, 0.15) is 23.7 Å². The third kappa shape index (κ3) is 3.49. The maximum absolute atomic E-state index is 10.3. The van der Waals surface area contributed by atoms with Crippen LogP contribution in [0.2, 0.25) is 5.02 Å². The molecule has 2 aromatic rings. The monoisotopic (exact) mass is 280 g/mol. The lowest BCUT2D eigenvalue weighted by Crippen LogP contribution is -2.02.